The first kappa shape index (κ1) is 25.4. The third kappa shape index (κ3) is 4.86. The quantitative estimate of drug-likeness (QED) is 0.411. The fraction of sp³-hybridized carbons (Fsp3) is 0.355. The Labute approximate surface area is 229 Å². The Morgan fingerprint density at radius 2 is 1.69 bits per heavy atom. The van der Waals surface area contributed by atoms with Crippen LogP contribution in [0.15, 0.2) is 60.9 Å². The summed E-state index contributed by atoms with van der Waals surface area (Å²) < 4.78 is 5.81. The number of carbonyl (C=O) groups excluding carboxylic acids is 1. The maximum absolute atomic E-state index is 12.9. The first-order chi connectivity index (χ1) is 18.9. The number of H-pyrrole nitrogens is 1. The number of fused-ring (bicyclic) bond motifs is 1. The lowest BCUT2D eigenvalue weighted by Gasteiger charge is -2.42. The van der Waals surface area contributed by atoms with Crippen molar-refractivity contribution < 1.29 is 9.53 Å². The first-order valence-electron chi connectivity index (χ1n) is 13.6. The van der Waals surface area contributed by atoms with E-state index in [0.717, 1.165) is 89.6 Å². The Morgan fingerprint density at radius 3 is 2.38 bits per heavy atom. The van der Waals surface area contributed by atoms with Crippen molar-refractivity contribution in [2.75, 3.05) is 72.4 Å². The van der Waals surface area contributed by atoms with Crippen molar-refractivity contribution in [3.05, 3.63) is 66.5 Å². The Balaban J connectivity index is 1.24. The second-order valence-electron chi connectivity index (χ2n) is 10.9. The van der Waals surface area contributed by atoms with Crippen LogP contribution in [-0.4, -0.2) is 104 Å². The molecule has 4 aromatic rings. The van der Waals surface area contributed by atoms with E-state index in [-0.39, 0.29) is 5.91 Å². The molecule has 202 valence electrons. The number of benzene rings is 2. The zero-order valence-corrected chi connectivity index (χ0v) is 23.1. The van der Waals surface area contributed by atoms with E-state index in [2.05, 4.69) is 65.1 Å². The van der Waals surface area contributed by atoms with Gasteiger partial charge < -0.3 is 29.3 Å². The van der Waals surface area contributed by atoms with Crippen LogP contribution in [0.1, 0.15) is 10.4 Å². The van der Waals surface area contributed by atoms with Crippen LogP contribution in [-0.2, 0) is 0 Å². The van der Waals surface area contributed by atoms with Gasteiger partial charge in [0.2, 0.25) is 0 Å². The zero-order valence-electron chi connectivity index (χ0n) is 23.1. The molecule has 1 N–H and O–H groups in total. The van der Waals surface area contributed by atoms with E-state index in [4.69, 9.17) is 9.72 Å². The van der Waals surface area contributed by atoms with Gasteiger partial charge in [-0.2, -0.15) is 0 Å². The Hall–Kier alpha value is -3.88. The van der Waals surface area contributed by atoms with E-state index in [9.17, 15) is 4.79 Å². The average molecular weight is 525 g/mol. The molecule has 0 radical (unpaired) electrons. The molecule has 0 bridgehead atoms. The first-order valence-corrected chi connectivity index (χ1v) is 13.6. The van der Waals surface area contributed by atoms with Crippen LogP contribution in [0.5, 0.6) is 5.75 Å². The lowest BCUT2D eigenvalue weighted by atomic mass is 10.00. The summed E-state index contributed by atoms with van der Waals surface area (Å²) in [6, 6.07) is 17.0. The van der Waals surface area contributed by atoms with Gasteiger partial charge in [-0.05, 0) is 62.6 Å². The van der Waals surface area contributed by atoms with Gasteiger partial charge in [-0.1, -0.05) is 18.2 Å². The number of nitrogens with one attached hydrogen (secondary N) is 1. The normalized spacial score (nSPS) is 16.6. The number of nitrogens with zero attached hydrogens (tertiary/aromatic N) is 5. The highest BCUT2D eigenvalue weighted by molar-refractivity contribution is 5.98. The van der Waals surface area contributed by atoms with Crippen LogP contribution < -0.4 is 9.64 Å². The molecule has 0 unspecified atom stereocenters. The van der Waals surface area contributed by atoms with Gasteiger partial charge in [-0.25, -0.2) is 4.98 Å². The summed E-state index contributed by atoms with van der Waals surface area (Å²) in [6.07, 6.45) is 3.90. The number of amides is 1. The number of likely N-dealkylation sites (N-methyl/N-ethyl adjacent to an activating group) is 2. The maximum atomic E-state index is 12.9. The highest BCUT2D eigenvalue weighted by Gasteiger charge is 2.32. The fourth-order valence-electron chi connectivity index (χ4n) is 5.49. The molecule has 2 aromatic carbocycles. The smallest absolute Gasteiger partial charge is 0.253 e. The summed E-state index contributed by atoms with van der Waals surface area (Å²) in [5.41, 5.74) is 6.91. The lowest BCUT2D eigenvalue weighted by molar-refractivity contribution is 0.0399. The molecule has 2 aliphatic heterocycles. The van der Waals surface area contributed by atoms with Gasteiger partial charge >= 0.3 is 0 Å². The molecule has 6 rings (SSSR count). The molecule has 0 atom stereocenters. The standard InChI is InChI=1S/C31H36N6O2/c1-34(2)25-19-37(20-25)31(38)22-7-5-21(6-8-22)27-18-33-30-26(27)15-24(17-32-30)23-9-10-28(29(16-23)39-4)36-13-11-35(3)12-14-36/h5-10,15-18,25H,11-14,19-20H2,1-4H3,(H,32,33). The number of methoxy groups -OCH3 is 1. The minimum absolute atomic E-state index is 0.0940. The van der Waals surface area contributed by atoms with E-state index in [0.29, 0.717) is 6.04 Å². The van der Waals surface area contributed by atoms with Crippen LogP contribution in [0.3, 0.4) is 0 Å². The number of piperazine rings is 1. The molecule has 0 saturated carbocycles. The van der Waals surface area contributed by atoms with E-state index >= 15 is 0 Å². The third-order valence-corrected chi connectivity index (χ3v) is 8.21. The fourth-order valence-corrected chi connectivity index (χ4v) is 5.49. The Bertz CT molecular complexity index is 1480. The number of anilines is 1. The Kier molecular flexibility index (Phi) is 6.74. The number of carbonyl (C=O) groups is 1. The lowest BCUT2D eigenvalue weighted by Crippen LogP contribution is -2.59. The van der Waals surface area contributed by atoms with Gasteiger partial charge in [0.25, 0.3) is 5.91 Å². The molecule has 2 saturated heterocycles. The van der Waals surface area contributed by atoms with Crippen LogP contribution in [0.25, 0.3) is 33.3 Å². The molecular formula is C31H36N6O2. The van der Waals surface area contributed by atoms with E-state index in [1.807, 2.05) is 41.6 Å². The Morgan fingerprint density at radius 1 is 0.974 bits per heavy atom. The number of likely N-dealkylation sites (tertiary alicyclic amines) is 1. The average Bonchev–Trinajstić information content (AvgIpc) is 3.35. The van der Waals surface area contributed by atoms with Crippen molar-refractivity contribution in [3.8, 4) is 28.0 Å². The molecule has 39 heavy (non-hydrogen) atoms. The molecule has 4 heterocycles. The minimum atomic E-state index is 0.0940. The SMILES string of the molecule is COc1cc(-c2cnc3[nH]cc(-c4ccc(C(=O)N5CC(N(C)C)C5)cc4)c3c2)ccc1N1CCN(C)CC1. The van der Waals surface area contributed by atoms with Gasteiger partial charge in [0, 0.05) is 79.8 Å². The topological polar surface area (TPSA) is 67.9 Å². The van der Waals surface area contributed by atoms with Crippen molar-refractivity contribution in [2.45, 2.75) is 6.04 Å². The molecule has 2 aromatic heterocycles. The number of ether oxygens (including phenoxy) is 1. The van der Waals surface area contributed by atoms with E-state index in [1.165, 1.54) is 0 Å². The maximum Gasteiger partial charge on any atom is 0.253 e. The largest absolute Gasteiger partial charge is 0.495 e. The second-order valence-corrected chi connectivity index (χ2v) is 10.9. The van der Waals surface area contributed by atoms with Crippen molar-refractivity contribution in [1.82, 2.24) is 24.7 Å². The third-order valence-electron chi connectivity index (χ3n) is 8.21. The van der Waals surface area contributed by atoms with Gasteiger partial charge in [-0.3, -0.25) is 4.79 Å². The number of hydrogen-bond donors (Lipinski definition) is 1. The highest BCUT2D eigenvalue weighted by Crippen LogP contribution is 2.36. The van der Waals surface area contributed by atoms with E-state index in [1.54, 1.807) is 7.11 Å². The summed E-state index contributed by atoms with van der Waals surface area (Å²) in [5, 5.41) is 1.05. The summed E-state index contributed by atoms with van der Waals surface area (Å²) in [4.78, 5) is 29.7. The monoisotopic (exact) mass is 524 g/mol. The number of rotatable bonds is 6. The van der Waals surface area contributed by atoms with Crippen molar-refractivity contribution in [3.63, 3.8) is 0 Å². The summed E-state index contributed by atoms with van der Waals surface area (Å²) in [7, 11) is 8.02. The number of pyridine rings is 1. The summed E-state index contributed by atoms with van der Waals surface area (Å²) >= 11 is 0. The van der Waals surface area contributed by atoms with Crippen LogP contribution in [0.2, 0.25) is 0 Å². The molecule has 8 nitrogen and oxygen atoms in total. The predicted molar refractivity (Wildman–Crippen MR) is 157 cm³/mol. The molecule has 2 fully saturated rings. The molecule has 1 amide bonds. The molecular weight excluding hydrogens is 488 g/mol. The van der Waals surface area contributed by atoms with Gasteiger partial charge in [0.1, 0.15) is 11.4 Å². The number of aromatic nitrogens is 2. The molecule has 2 aliphatic rings. The van der Waals surface area contributed by atoms with Gasteiger partial charge in [0.15, 0.2) is 0 Å². The van der Waals surface area contributed by atoms with Crippen LogP contribution in [0.4, 0.5) is 5.69 Å². The molecule has 0 aliphatic carbocycles. The number of aromatic amines is 1. The second kappa shape index (κ2) is 10.4. The van der Waals surface area contributed by atoms with Gasteiger partial charge in [-0.15, -0.1) is 0 Å². The summed E-state index contributed by atoms with van der Waals surface area (Å²) in [5.74, 6) is 0.974. The van der Waals surface area contributed by atoms with Crippen molar-refractivity contribution in [1.29, 1.82) is 0 Å². The van der Waals surface area contributed by atoms with Crippen molar-refractivity contribution in [2.24, 2.45) is 0 Å². The van der Waals surface area contributed by atoms with Crippen molar-refractivity contribution >= 4 is 22.6 Å². The van der Waals surface area contributed by atoms with E-state index < -0.39 is 0 Å². The van der Waals surface area contributed by atoms with Crippen LogP contribution in [0, 0.1) is 0 Å². The zero-order chi connectivity index (χ0) is 27.1. The number of hydrogen-bond acceptors (Lipinski definition) is 6. The van der Waals surface area contributed by atoms with Gasteiger partial charge in [0.05, 0.1) is 12.8 Å². The highest BCUT2D eigenvalue weighted by atomic mass is 16.5. The summed E-state index contributed by atoms with van der Waals surface area (Å²) in [6.45, 7) is 5.65. The minimum Gasteiger partial charge on any atom is -0.495 e. The molecule has 8 heteroatoms. The van der Waals surface area contributed by atoms with Crippen LogP contribution >= 0.6 is 0 Å². The molecule has 0 spiro atoms. The predicted octanol–water partition coefficient (Wildman–Crippen LogP) is 4.04.